The lowest BCUT2D eigenvalue weighted by molar-refractivity contribution is -0.115. The number of nitrogens with one attached hydrogen (secondary N) is 1. The number of rotatable bonds is 6. The average molecular weight is 367 g/mol. The molecule has 8 nitrogen and oxygen atoms in total. The lowest BCUT2D eigenvalue weighted by Crippen LogP contribution is -2.36. The maximum absolute atomic E-state index is 11.2. The Morgan fingerprint density at radius 2 is 2.04 bits per heavy atom. The molecule has 8 heteroatoms. The summed E-state index contributed by atoms with van der Waals surface area (Å²) < 4.78 is 11.2. The zero-order valence-corrected chi connectivity index (χ0v) is 14.9. The van der Waals surface area contributed by atoms with Gasteiger partial charge >= 0.3 is 0 Å². The van der Waals surface area contributed by atoms with Crippen LogP contribution in [0.15, 0.2) is 30.6 Å². The van der Waals surface area contributed by atoms with E-state index in [0.717, 1.165) is 25.2 Å². The second-order valence-corrected chi connectivity index (χ2v) is 6.77. The van der Waals surface area contributed by atoms with Gasteiger partial charge in [-0.25, -0.2) is 9.97 Å². The number of nitrogen functional groups attached to an aromatic ring is 1. The fraction of sp³-hybridized carbons (Fsp3) is 0.368. The minimum absolute atomic E-state index is 0.186. The highest BCUT2D eigenvalue weighted by Crippen LogP contribution is 2.39. The smallest absolute Gasteiger partial charge is 0.164 e. The summed E-state index contributed by atoms with van der Waals surface area (Å²) >= 11 is 0. The van der Waals surface area contributed by atoms with Crippen LogP contribution in [0.25, 0.3) is 0 Å². The maximum Gasteiger partial charge on any atom is 0.164 e. The van der Waals surface area contributed by atoms with Gasteiger partial charge in [0.1, 0.15) is 17.9 Å². The highest BCUT2D eigenvalue weighted by atomic mass is 16.5. The summed E-state index contributed by atoms with van der Waals surface area (Å²) in [5.41, 5.74) is 7.00. The number of morpholine rings is 1. The Morgan fingerprint density at radius 3 is 2.74 bits per heavy atom. The highest BCUT2D eigenvalue weighted by Gasteiger charge is 2.45. The van der Waals surface area contributed by atoms with E-state index >= 15 is 0 Å². The summed E-state index contributed by atoms with van der Waals surface area (Å²) in [6.07, 6.45) is 3.72. The Morgan fingerprint density at radius 1 is 1.26 bits per heavy atom. The van der Waals surface area contributed by atoms with E-state index in [4.69, 9.17) is 20.6 Å². The molecule has 1 aliphatic heterocycles. The number of benzene rings is 1. The molecule has 2 fully saturated rings. The Labute approximate surface area is 156 Å². The van der Waals surface area contributed by atoms with Crippen LogP contribution in [-0.4, -0.2) is 53.9 Å². The Balaban J connectivity index is 1.59. The molecular formula is C19H21N5O3. The second-order valence-electron chi connectivity index (χ2n) is 6.77. The summed E-state index contributed by atoms with van der Waals surface area (Å²) in [7, 11) is 0. The third-order valence-corrected chi connectivity index (χ3v) is 4.82. The third-order valence-electron chi connectivity index (χ3n) is 4.82. The number of hydrogen-bond donors (Lipinski definition) is 2. The number of aldehydes is 1. The molecule has 0 unspecified atom stereocenters. The van der Waals surface area contributed by atoms with Gasteiger partial charge in [-0.3, -0.25) is 10.2 Å². The van der Waals surface area contributed by atoms with Crippen molar-refractivity contribution >= 4 is 23.5 Å². The second kappa shape index (κ2) is 6.96. The van der Waals surface area contributed by atoms with Gasteiger partial charge in [0, 0.05) is 30.4 Å². The van der Waals surface area contributed by atoms with Crippen LogP contribution in [0.3, 0.4) is 0 Å². The molecule has 140 valence electrons. The molecule has 0 radical (unpaired) electrons. The molecule has 2 heterocycles. The topological polar surface area (TPSA) is 114 Å². The van der Waals surface area contributed by atoms with Crippen molar-refractivity contribution in [2.24, 2.45) is 0 Å². The number of nitrogens with zero attached hydrogens (tertiary/aromatic N) is 3. The largest absolute Gasteiger partial charge is 0.480 e. The van der Waals surface area contributed by atoms with Gasteiger partial charge in [-0.1, -0.05) is 0 Å². The molecule has 4 rings (SSSR count). The molecular weight excluding hydrogens is 346 g/mol. The molecule has 27 heavy (non-hydrogen) atoms. The van der Waals surface area contributed by atoms with Gasteiger partial charge in [-0.15, -0.1) is 0 Å². The van der Waals surface area contributed by atoms with E-state index in [1.807, 2.05) is 0 Å². The van der Waals surface area contributed by atoms with Crippen LogP contribution in [0.2, 0.25) is 0 Å². The van der Waals surface area contributed by atoms with Crippen molar-refractivity contribution in [2.75, 3.05) is 36.9 Å². The number of anilines is 2. The van der Waals surface area contributed by atoms with E-state index in [0.29, 0.717) is 48.7 Å². The summed E-state index contributed by atoms with van der Waals surface area (Å²) in [6.45, 7) is 2.81. The normalized spacial score (nSPS) is 18.0. The van der Waals surface area contributed by atoms with Crippen molar-refractivity contribution in [1.82, 2.24) is 9.97 Å². The van der Waals surface area contributed by atoms with Gasteiger partial charge in [0.05, 0.1) is 24.6 Å². The lowest BCUT2D eigenvalue weighted by atomic mass is 10.0. The molecule has 3 N–H and O–H groups in total. The first-order chi connectivity index (χ1) is 13.1. The summed E-state index contributed by atoms with van der Waals surface area (Å²) in [6, 6.07) is 6.88. The molecule has 0 amide bonds. The van der Waals surface area contributed by atoms with Crippen molar-refractivity contribution in [2.45, 2.75) is 18.4 Å². The molecule has 1 aromatic carbocycles. The van der Waals surface area contributed by atoms with Crippen LogP contribution in [0.1, 0.15) is 24.1 Å². The van der Waals surface area contributed by atoms with Gasteiger partial charge in [-0.2, -0.15) is 0 Å². The Kier molecular flexibility index (Phi) is 4.49. The van der Waals surface area contributed by atoms with Crippen molar-refractivity contribution in [3.05, 3.63) is 41.9 Å². The van der Waals surface area contributed by atoms with Crippen LogP contribution in [0.4, 0.5) is 11.5 Å². The van der Waals surface area contributed by atoms with Crippen molar-refractivity contribution < 1.29 is 14.3 Å². The maximum atomic E-state index is 11.2. The van der Waals surface area contributed by atoms with Gasteiger partial charge in [-0.05, 0) is 31.0 Å². The summed E-state index contributed by atoms with van der Waals surface area (Å²) in [4.78, 5) is 21.8. The minimum atomic E-state index is -0.714. The van der Waals surface area contributed by atoms with Crippen LogP contribution in [0, 0.1) is 5.41 Å². The first-order valence-electron chi connectivity index (χ1n) is 8.89. The minimum Gasteiger partial charge on any atom is -0.480 e. The fourth-order valence-electron chi connectivity index (χ4n) is 3.00. The average Bonchev–Trinajstić information content (AvgIpc) is 3.50. The predicted molar refractivity (Wildman–Crippen MR) is 101 cm³/mol. The monoisotopic (exact) mass is 367 g/mol. The van der Waals surface area contributed by atoms with Gasteiger partial charge in [0.15, 0.2) is 11.9 Å². The first kappa shape index (κ1) is 17.4. The van der Waals surface area contributed by atoms with Crippen LogP contribution >= 0.6 is 0 Å². The number of hydrogen-bond acceptors (Lipinski definition) is 8. The number of ether oxygens (including phenoxy) is 2. The third kappa shape index (κ3) is 3.61. The van der Waals surface area contributed by atoms with Crippen LogP contribution in [-0.2, 0) is 9.53 Å². The molecule has 2 aliphatic rings. The SMILES string of the molecule is N=C(c1cc(N2CCOCC2)ncn1)c1cc(OC2(C=O)CC2)ccc1N. The van der Waals surface area contributed by atoms with Crippen molar-refractivity contribution in [3.63, 3.8) is 0 Å². The molecule has 0 atom stereocenters. The van der Waals surface area contributed by atoms with E-state index < -0.39 is 5.60 Å². The Hall–Kier alpha value is -3.00. The van der Waals surface area contributed by atoms with E-state index in [1.165, 1.54) is 6.33 Å². The van der Waals surface area contributed by atoms with E-state index in [9.17, 15) is 4.79 Å². The quantitative estimate of drug-likeness (QED) is 0.451. The van der Waals surface area contributed by atoms with E-state index in [2.05, 4.69) is 14.9 Å². The highest BCUT2D eigenvalue weighted by molar-refractivity contribution is 6.13. The molecule has 1 saturated carbocycles. The van der Waals surface area contributed by atoms with E-state index in [-0.39, 0.29) is 5.71 Å². The molecule has 1 aliphatic carbocycles. The van der Waals surface area contributed by atoms with E-state index in [1.54, 1.807) is 24.3 Å². The van der Waals surface area contributed by atoms with Crippen LogP contribution in [0.5, 0.6) is 5.75 Å². The summed E-state index contributed by atoms with van der Waals surface area (Å²) in [5.74, 6) is 1.29. The molecule has 2 aromatic rings. The lowest BCUT2D eigenvalue weighted by Gasteiger charge is -2.27. The molecule has 1 saturated heterocycles. The number of aromatic nitrogens is 2. The van der Waals surface area contributed by atoms with Gasteiger partial charge in [0.25, 0.3) is 0 Å². The summed E-state index contributed by atoms with van der Waals surface area (Å²) in [5, 5.41) is 8.57. The molecule has 1 aromatic heterocycles. The zero-order valence-electron chi connectivity index (χ0n) is 14.9. The molecule has 0 bridgehead atoms. The van der Waals surface area contributed by atoms with Crippen molar-refractivity contribution in [3.8, 4) is 5.75 Å². The van der Waals surface area contributed by atoms with Crippen molar-refractivity contribution in [1.29, 1.82) is 5.41 Å². The fourth-order valence-corrected chi connectivity index (χ4v) is 3.00. The zero-order chi connectivity index (χ0) is 18.9. The standard InChI is InChI=1S/C19H21N5O3/c20-15-2-1-13(27-19(11-25)3-4-19)9-14(15)18(21)16-10-17(23-12-22-16)24-5-7-26-8-6-24/h1-2,9-12,21H,3-8,20H2. The van der Waals surface area contributed by atoms with Crippen LogP contribution < -0.4 is 15.4 Å². The predicted octanol–water partition coefficient (Wildman–Crippen LogP) is 1.42. The molecule has 0 spiro atoms. The van der Waals surface area contributed by atoms with Gasteiger partial charge in [0.2, 0.25) is 0 Å². The number of carbonyl (C=O) groups excluding carboxylic acids is 1. The Bertz CT molecular complexity index is 875. The van der Waals surface area contributed by atoms with Gasteiger partial charge < -0.3 is 20.1 Å². The number of nitrogens with two attached hydrogens (primary N) is 1. The number of carbonyl (C=O) groups is 1. The first-order valence-corrected chi connectivity index (χ1v) is 8.89.